The molecule has 0 radical (unpaired) electrons. The van der Waals surface area contributed by atoms with Crippen molar-refractivity contribution in [2.75, 3.05) is 26.7 Å². The molecule has 1 aromatic carbocycles. The van der Waals surface area contributed by atoms with Crippen LogP contribution in [0.2, 0.25) is 0 Å². The van der Waals surface area contributed by atoms with Crippen molar-refractivity contribution in [1.29, 1.82) is 0 Å². The number of nitrogens with zero attached hydrogens (tertiary/aromatic N) is 4. The number of methoxy groups -OCH3 is 1. The highest BCUT2D eigenvalue weighted by molar-refractivity contribution is 5.85. The van der Waals surface area contributed by atoms with Crippen LogP contribution in [-0.2, 0) is 13.7 Å². The van der Waals surface area contributed by atoms with Gasteiger partial charge in [0.25, 0.3) is 0 Å². The molecule has 2 aromatic heterocycles. The molecular formula is C26H30N4O3. The van der Waals surface area contributed by atoms with Crippen molar-refractivity contribution < 1.29 is 9.47 Å². The summed E-state index contributed by atoms with van der Waals surface area (Å²) in [6, 6.07) is 10.4. The van der Waals surface area contributed by atoms with Crippen LogP contribution in [0, 0.1) is 0 Å². The lowest BCUT2D eigenvalue weighted by Gasteiger charge is -2.32. The zero-order valence-electron chi connectivity index (χ0n) is 19.2. The van der Waals surface area contributed by atoms with E-state index in [0.29, 0.717) is 12.6 Å². The van der Waals surface area contributed by atoms with Crippen LogP contribution in [0.4, 0.5) is 0 Å². The summed E-state index contributed by atoms with van der Waals surface area (Å²) in [5.74, 6) is 1.67. The van der Waals surface area contributed by atoms with E-state index in [1.54, 1.807) is 18.7 Å². The maximum atomic E-state index is 12.3. The van der Waals surface area contributed by atoms with Gasteiger partial charge in [0.05, 0.1) is 12.8 Å². The van der Waals surface area contributed by atoms with Gasteiger partial charge in [-0.05, 0) is 49.1 Å². The first-order chi connectivity index (χ1) is 16.1. The number of likely N-dealkylation sites (tertiary alicyclic amines) is 1. The van der Waals surface area contributed by atoms with Crippen LogP contribution in [0.5, 0.6) is 11.5 Å². The van der Waals surface area contributed by atoms with E-state index in [0.717, 1.165) is 72.8 Å². The lowest BCUT2D eigenvalue weighted by Crippen LogP contribution is -2.37. The number of aromatic nitrogens is 3. The van der Waals surface area contributed by atoms with Crippen molar-refractivity contribution in [2.24, 2.45) is 7.05 Å². The fourth-order valence-electron chi connectivity index (χ4n) is 4.85. The number of hydrogen-bond acceptors (Lipinski definition) is 5. The summed E-state index contributed by atoms with van der Waals surface area (Å²) >= 11 is 0. The molecule has 0 unspecified atom stereocenters. The molecule has 2 aliphatic heterocycles. The summed E-state index contributed by atoms with van der Waals surface area (Å²) in [5.41, 5.74) is 4.34. The number of benzene rings is 1. The minimum atomic E-state index is 0.0788. The molecule has 0 atom stereocenters. The van der Waals surface area contributed by atoms with E-state index in [9.17, 15) is 4.79 Å². The minimum absolute atomic E-state index is 0.0788. The zero-order chi connectivity index (χ0) is 22.8. The van der Waals surface area contributed by atoms with Gasteiger partial charge in [-0.1, -0.05) is 12.1 Å². The van der Waals surface area contributed by atoms with Crippen LogP contribution in [0.15, 0.2) is 59.8 Å². The van der Waals surface area contributed by atoms with Gasteiger partial charge in [-0.25, -0.2) is 4.79 Å². The molecule has 0 amide bonds. The van der Waals surface area contributed by atoms with Crippen molar-refractivity contribution >= 4 is 5.57 Å². The van der Waals surface area contributed by atoms with Crippen molar-refractivity contribution in [3.8, 4) is 11.5 Å². The molecule has 7 nitrogen and oxygen atoms in total. The average molecular weight is 447 g/mol. The number of hydrogen-bond donors (Lipinski definition) is 0. The first-order valence-electron chi connectivity index (χ1n) is 11.6. The molecule has 172 valence electrons. The topological polar surface area (TPSA) is 61.5 Å². The molecule has 3 aromatic rings. The fraction of sp³-hybridized carbons (Fsp3) is 0.385. The first kappa shape index (κ1) is 21.5. The van der Waals surface area contributed by atoms with E-state index >= 15 is 0 Å². The van der Waals surface area contributed by atoms with Gasteiger partial charge >= 0.3 is 5.69 Å². The molecule has 0 spiro atoms. The van der Waals surface area contributed by atoms with Crippen LogP contribution >= 0.6 is 0 Å². The molecule has 5 rings (SSSR count). The second-order valence-electron chi connectivity index (χ2n) is 8.73. The number of imidazole rings is 1. The first-order valence-corrected chi connectivity index (χ1v) is 11.6. The Balaban J connectivity index is 1.31. The predicted molar refractivity (Wildman–Crippen MR) is 128 cm³/mol. The molecule has 0 saturated carbocycles. The maximum absolute atomic E-state index is 12.3. The normalized spacial score (nSPS) is 17.8. The number of fused-ring (bicyclic) bond motifs is 2. The van der Waals surface area contributed by atoms with Crippen LogP contribution in [0.1, 0.15) is 42.1 Å². The third-order valence-electron chi connectivity index (χ3n) is 6.74. The van der Waals surface area contributed by atoms with Gasteiger partial charge in [0, 0.05) is 62.4 Å². The Morgan fingerprint density at radius 1 is 1.18 bits per heavy atom. The number of aryl methyl sites for hydroxylation is 1. The van der Waals surface area contributed by atoms with Crippen molar-refractivity contribution in [2.45, 2.75) is 31.9 Å². The Hall–Kier alpha value is -3.32. The second-order valence-corrected chi connectivity index (χ2v) is 8.73. The molecule has 7 heteroatoms. The molecular weight excluding hydrogens is 416 g/mol. The summed E-state index contributed by atoms with van der Waals surface area (Å²) in [4.78, 5) is 19.3. The van der Waals surface area contributed by atoms with Crippen LogP contribution in [-0.4, -0.2) is 45.8 Å². The zero-order valence-corrected chi connectivity index (χ0v) is 19.2. The summed E-state index contributed by atoms with van der Waals surface area (Å²) in [6.45, 7) is 3.44. The quantitative estimate of drug-likeness (QED) is 0.599. The molecule has 4 heterocycles. The Morgan fingerprint density at radius 2 is 2.03 bits per heavy atom. The van der Waals surface area contributed by atoms with E-state index in [1.807, 2.05) is 47.4 Å². The fourth-order valence-corrected chi connectivity index (χ4v) is 4.85. The molecule has 1 fully saturated rings. The number of rotatable bonds is 5. The third kappa shape index (κ3) is 4.33. The van der Waals surface area contributed by atoms with Crippen molar-refractivity contribution in [3.05, 3.63) is 82.3 Å². The van der Waals surface area contributed by atoms with Gasteiger partial charge in [0.15, 0.2) is 0 Å². The smallest absolute Gasteiger partial charge is 0.328 e. The Bertz CT molecular complexity index is 1220. The highest BCUT2D eigenvalue weighted by atomic mass is 16.5. The van der Waals surface area contributed by atoms with E-state index in [1.165, 1.54) is 0 Å². The van der Waals surface area contributed by atoms with E-state index in [4.69, 9.17) is 9.47 Å². The van der Waals surface area contributed by atoms with E-state index in [-0.39, 0.29) is 5.69 Å². The van der Waals surface area contributed by atoms with E-state index in [2.05, 4.69) is 22.0 Å². The van der Waals surface area contributed by atoms with Crippen molar-refractivity contribution in [3.63, 3.8) is 0 Å². The van der Waals surface area contributed by atoms with Gasteiger partial charge < -0.3 is 18.9 Å². The Labute approximate surface area is 193 Å². The number of pyridine rings is 1. The predicted octanol–water partition coefficient (Wildman–Crippen LogP) is 3.64. The van der Waals surface area contributed by atoms with Crippen molar-refractivity contribution in [1.82, 2.24) is 19.0 Å². The Kier molecular flexibility index (Phi) is 6.05. The van der Waals surface area contributed by atoms with Gasteiger partial charge in [0.1, 0.15) is 18.1 Å². The number of piperidine rings is 1. The molecule has 0 aliphatic carbocycles. The molecule has 2 aliphatic rings. The van der Waals surface area contributed by atoms with Crippen LogP contribution in [0.25, 0.3) is 5.57 Å². The highest BCUT2D eigenvalue weighted by Crippen LogP contribution is 2.38. The standard InChI is InChI=1S/C26H30N4O3/c1-28-15-16-30(26(28)31)19-9-13-29(14-10-19)12-4-6-21-22-5-3-11-27-24(22)18-33-25-8-7-20(32-2)17-23(21)25/h3,5-8,11,15-17,19H,4,9-10,12-14,18H2,1-2H3. The summed E-state index contributed by atoms with van der Waals surface area (Å²) in [6.07, 6.45) is 10.8. The minimum Gasteiger partial charge on any atom is -0.497 e. The second kappa shape index (κ2) is 9.27. The molecule has 0 N–H and O–H groups in total. The van der Waals surface area contributed by atoms with Gasteiger partial charge in [-0.2, -0.15) is 0 Å². The van der Waals surface area contributed by atoms with Crippen LogP contribution in [0.3, 0.4) is 0 Å². The largest absolute Gasteiger partial charge is 0.497 e. The average Bonchev–Trinajstić information content (AvgIpc) is 3.10. The maximum Gasteiger partial charge on any atom is 0.328 e. The highest BCUT2D eigenvalue weighted by Gasteiger charge is 2.23. The summed E-state index contributed by atoms with van der Waals surface area (Å²) in [7, 11) is 3.49. The summed E-state index contributed by atoms with van der Waals surface area (Å²) < 4.78 is 15.1. The molecule has 1 saturated heterocycles. The van der Waals surface area contributed by atoms with Gasteiger partial charge in [-0.3, -0.25) is 9.55 Å². The summed E-state index contributed by atoms with van der Waals surface area (Å²) in [5, 5.41) is 0. The van der Waals surface area contributed by atoms with E-state index < -0.39 is 0 Å². The number of ether oxygens (including phenoxy) is 2. The van der Waals surface area contributed by atoms with Gasteiger partial charge in [0.2, 0.25) is 0 Å². The lowest BCUT2D eigenvalue weighted by atomic mass is 9.95. The van der Waals surface area contributed by atoms with Gasteiger partial charge in [-0.15, -0.1) is 0 Å². The molecule has 33 heavy (non-hydrogen) atoms. The van der Waals surface area contributed by atoms with Crippen LogP contribution < -0.4 is 15.2 Å². The lowest BCUT2D eigenvalue weighted by molar-refractivity contribution is 0.187. The monoisotopic (exact) mass is 446 g/mol. The third-order valence-corrected chi connectivity index (χ3v) is 6.74. The molecule has 0 bridgehead atoms. The SMILES string of the molecule is COc1ccc2c(c1)C(=CCCN1CCC(n3ccn(C)c3=O)CC1)c1cccnc1CO2. The Morgan fingerprint density at radius 3 is 2.79 bits per heavy atom.